The van der Waals surface area contributed by atoms with Gasteiger partial charge >= 0.3 is 5.97 Å². The van der Waals surface area contributed by atoms with E-state index in [-0.39, 0.29) is 13.2 Å². The van der Waals surface area contributed by atoms with Crippen molar-refractivity contribution in [3.8, 4) is 0 Å². The number of aliphatic hydroxyl groups excluding tert-OH is 1. The number of ether oxygens (including phenoxy) is 3. The number of rotatable bonds is 9. The molecular weight excluding hydrogens is 276 g/mol. The summed E-state index contributed by atoms with van der Waals surface area (Å²) < 4.78 is 15.4. The van der Waals surface area contributed by atoms with E-state index in [9.17, 15) is 4.79 Å². The van der Waals surface area contributed by atoms with E-state index < -0.39 is 5.97 Å². The predicted molar refractivity (Wildman–Crippen MR) is 75.1 cm³/mol. The average Bonchev–Trinajstić information content (AvgIpc) is 2.98. The van der Waals surface area contributed by atoms with Crippen LogP contribution in [-0.4, -0.2) is 60.9 Å². The fraction of sp³-hybridized carbons (Fsp3) is 0.429. The summed E-state index contributed by atoms with van der Waals surface area (Å²) in [5, 5.41) is 16.0. The summed E-state index contributed by atoms with van der Waals surface area (Å²) in [4.78, 5) is 12.0. The standard InChI is InChI=1S/C14H18N2O5/c17-4-5-19-6-7-20-8-9-21-14(18)12-3-1-2-11-10-15-16-13(11)12/h1-3,10,17H,4-9H2,(H,15,16). The van der Waals surface area contributed by atoms with Crippen LogP contribution in [0.15, 0.2) is 24.4 Å². The van der Waals surface area contributed by atoms with E-state index in [0.717, 1.165) is 5.39 Å². The molecule has 0 spiro atoms. The minimum absolute atomic E-state index is 0.00321. The average molecular weight is 294 g/mol. The smallest absolute Gasteiger partial charge is 0.340 e. The maximum atomic E-state index is 12.0. The molecule has 7 nitrogen and oxygen atoms in total. The number of nitrogens with one attached hydrogen (secondary N) is 1. The van der Waals surface area contributed by atoms with Gasteiger partial charge in [-0.1, -0.05) is 12.1 Å². The molecule has 21 heavy (non-hydrogen) atoms. The van der Waals surface area contributed by atoms with E-state index >= 15 is 0 Å². The van der Waals surface area contributed by atoms with Crippen LogP contribution in [0.2, 0.25) is 0 Å². The molecule has 0 aliphatic heterocycles. The lowest BCUT2D eigenvalue weighted by atomic mass is 10.1. The number of H-pyrrole nitrogens is 1. The number of carbonyl (C=O) groups excluding carboxylic acids is 1. The molecule has 7 heteroatoms. The Labute approximate surface area is 121 Å². The number of aliphatic hydroxyl groups is 1. The van der Waals surface area contributed by atoms with Gasteiger partial charge in [-0.15, -0.1) is 0 Å². The number of benzene rings is 1. The van der Waals surface area contributed by atoms with Crippen molar-refractivity contribution in [2.24, 2.45) is 0 Å². The zero-order valence-electron chi connectivity index (χ0n) is 11.6. The minimum Gasteiger partial charge on any atom is -0.460 e. The molecule has 1 aromatic carbocycles. The molecule has 0 amide bonds. The Morgan fingerprint density at radius 3 is 2.71 bits per heavy atom. The van der Waals surface area contributed by atoms with Gasteiger partial charge in [-0.05, 0) is 6.07 Å². The first-order chi connectivity index (χ1) is 10.3. The molecule has 2 N–H and O–H groups in total. The first kappa shape index (κ1) is 15.4. The number of hydrogen-bond donors (Lipinski definition) is 2. The molecule has 2 rings (SSSR count). The summed E-state index contributed by atoms with van der Waals surface area (Å²) >= 11 is 0. The number of nitrogens with zero attached hydrogens (tertiary/aromatic N) is 1. The number of carbonyl (C=O) groups is 1. The van der Waals surface area contributed by atoms with E-state index in [0.29, 0.717) is 37.5 Å². The fourth-order valence-electron chi connectivity index (χ4n) is 1.80. The Bertz CT molecular complexity index is 569. The highest BCUT2D eigenvalue weighted by atomic mass is 16.6. The van der Waals surface area contributed by atoms with Gasteiger partial charge < -0.3 is 19.3 Å². The van der Waals surface area contributed by atoms with E-state index in [2.05, 4.69) is 10.2 Å². The van der Waals surface area contributed by atoms with Crippen LogP contribution in [0.1, 0.15) is 10.4 Å². The van der Waals surface area contributed by atoms with Gasteiger partial charge in [0.1, 0.15) is 6.61 Å². The molecule has 0 fully saturated rings. The number of esters is 1. The van der Waals surface area contributed by atoms with Crippen LogP contribution in [-0.2, 0) is 14.2 Å². The van der Waals surface area contributed by atoms with Crippen LogP contribution >= 0.6 is 0 Å². The first-order valence-electron chi connectivity index (χ1n) is 6.68. The molecule has 2 aromatic rings. The van der Waals surface area contributed by atoms with Crippen molar-refractivity contribution in [3.63, 3.8) is 0 Å². The largest absolute Gasteiger partial charge is 0.460 e. The van der Waals surface area contributed by atoms with Crippen molar-refractivity contribution in [3.05, 3.63) is 30.0 Å². The highest BCUT2D eigenvalue weighted by molar-refractivity contribution is 6.02. The molecule has 0 atom stereocenters. The Hall–Kier alpha value is -1.96. The lowest BCUT2D eigenvalue weighted by molar-refractivity contribution is 0.00927. The molecular formula is C14H18N2O5. The van der Waals surface area contributed by atoms with Crippen molar-refractivity contribution < 1.29 is 24.1 Å². The van der Waals surface area contributed by atoms with Gasteiger partial charge in [-0.2, -0.15) is 5.10 Å². The monoisotopic (exact) mass is 294 g/mol. The van der Waals surface area contributed by atoms with Crippen LogP contribution in [0.4, 0.5) is 0 Å². The number of fused-ring (bicyclic) bond motifs is 1. The maximum absolute atomic E-state index is 12.0. The first-order valence-corrected chi connectivity index (χ1v) is 6.68. The number of aromatic nitrogens is 2. The minimum atomic E-state index is -0.412. The van der Waals surface area contributed by atoms with E-state index in [1.165, 1.54) is 0 Å². The summed E-state index contributed by atoms with van der Waals surface area (Å²) in [7, 11) is 0. The third kappa shape index (κ3) is 4.52. The molecule has 0 aliphatic rings. The second kappa shape index (κ2) is 8.35. The van der Waals surface area contributed by atoms with E-state index in [1.54, 1.807) is 18.3 Å². The SMILES string of the molecule is O=C(OCCOCCOCCO)c1cccc2cn[nH]c12. The Morgan fingerprint density at radius 1 is 1.14 bits per heavy atom. The van der Waals surface area contributed by atoms with Gasteiger partial charge in [0.2, 0.25) is 0 Å². The van der Waals surface area contributed by atoms with Crippen LogP contribution in [0.5, 0.6) is 0 Å². The predicted octanol–water partition coefficient (Wildman–Crippen LogP) is 0.745. The molecule has 0 radical (unpaired) electrons. The Balaban J connectivity index is 1.69. The van der Waals surface area contributed by atoms with Gasteiger partial charge in [-0.3, -0.25) is 5.10 Å². The Morgan fingerprint density at radius 2 is 1.90 bits per heavy atom. The summed E-state index contributed by atoms with van der Waals surface area (Å²) in [6.07, 6.45) is 1.65. The summed E-state index contributed by atoms with van der Waals surface area (Å²) in [5.74, 6) is -0.412. The van der Waals surface area contributed by atoms with E-state index in [4.69, 9.17) is 19.3 Å². The van der Waals surface area contributed by atoms with Crippen LogP contribution in [0.3, 0.4) is 0 Å². The van der Waals surface area contributed by atoms with Crippen LogP contribution < -0.4 is 0 Å². The van der Waals surface area contributed by atoms with Crippen molar-refractivity contribution in [1.29, 1.82) is 0 Å². The van der Waals surface area contributed by atoms with Crippen molar-refractivity contribution in [2.45, 2.75) is 0 Å². The summed E-state index contributed by atoms with van der Waals surface area (Å²) in [5.41, 5.74) is 1.12. The van der Waals surface area contributed by atoms with E-state index in [1.807, 2.05) is 6.07 Å². The highest BCUT2D eigenvalue weighted by Gasteiger charge is 2.12. The second-order valence-electron chi connectivity index (χ2n) is 4.22. The van der Waals surface area contributed by atoms with Gasteiger partial charge in [-0.25, -0.2) is 4.79 Å². The normalized spacial score (nSPS) is 10.9. The molecule has 1 aromatic heterocycles. The van der Waals surface area contributed by atoms with Gasteiger partial charge in [0.25, 0.3) is 0 Å². The molecule has 0 bridgehead atoms. The number of hydrogen-bond acceptors (Lipinski definition) is 6. The third-order valence-electron chi connectivity index (χ3n) is 2.77. The van der Waals surface area contributed by atoms with Gasteiger partial charge in [0, 0.05) is 5.39 Å². The molecule has 0 unspecified atom stereocenters. The van der Waals surface area contributed by atoms with Crippen LogP contribution in [0, 0.1) is 0 Å². The van der Waals surface area contributed by atoms with Crippen molar-refractivity contribution in [2.75, 3.05) is 39.6 Å². The fourth-order valence-corrected chi connectivity index (χ4v) is 1.80. The summed E-state index contributed by atoms with van der Waals surface area (Å²) in [6, 6.07) is 5.33. The zero-order chi connectivity index (χ0) is 14.9. The second-order valence-corrected chi connectivity index (χ2v) is 4.22. The molecule has 0 aliphatic carbocycles. The molecule has 0 saturated heterocycles. The lowest BCUT2D eigenvalue weighted by Crippen LogP contribution is -2.13. The maximum Gasteiger partial charge on any atom is 0.340 e. The van der Waals surface area contributed by atoms with Gasteiger partial charge in [0.05, 0.1) is 50.3 Å². The van der Waals surface area contributed by atoms with Crippen LogP contribution in [0.25, 0.3) is 10.9 Å². The van der Waals surface area contributed by atoms with Crippen molar-refractivity contribution >= 4 is 16.9 Å². The zero-order valence-corrected chi connectivity index (χ0v) is 11.6. The van der Waals surface area contributed by atoms with Gasteiger partial charge in [0.15, 0.2) is 0 Å². The third-order valence-corrected chi connectivity index (χ3v) is 2.77. The highest BCUT2D eigenvalue weighted by Crippen LogP contribution is 2.16. The number of aromatic amines is 1. The molecule has 0 saturated carbocycles. The molecule has 1 heterocycles. The summed E-state index contributed by atoms with van der Waals surface area (Å²) in [6.45, 7) is 1.56. The lowest BCUT2D eigenvalue weighted by Gasteiger charge is -2.07. The quantitative estimate of drug-likeness (QED) is 0.523. The molecule has 114 valence electrons. The Kier molecular flexibility index (Phi) is 6.14. The van der Waals surface area contributed by atoms with Crippen molar-refractivity contribution in [1.82, 2.24) is 10.2 Å². The number of para-hydroxylation sites is 1. The topological polar surface area (TPSA) is 93.7 Å².